The van der Waals surface area contributed by atoms with Crippen LogP contribution in [0.5, 0.6) is 0 Å². The van der Waals surface area contributed by atoms with E-state index in [0.717, 1.165) is 37.3 Å². The maximum absolute atomic E-state index is 12.6. The molecule has 0 aromatic carbocycles. The number of likely N-dealkylation sites (tertiary alicyclic amines) is 1. The van der Waals surface area contributed by atoms with E-state index in [-0.39, 0.29) is 18.4 Å². The summed E-state index contributed by atoms with van der Waals surface area (Å²) < 4.78 is 0. The Morgan fingerprint density at radius 1 is 1.15 bits per heavy atom. The number of piperidine rings is 1. The van der Waals surface area contributed by atoms with Crippen molar-refractivity contribution < 1.29 is 4.79 Å². The van der Waals surface area contributed by atoms with E-state index in [1.165, 1.54) is 25.7 Å². The van der Waals surface area contributed by atoms with E-state index in [1.807, 2.05) is 0 Å². The van der Waals surface area contributed by atoms with Crippen LogP contribution in [0.2, 0.25) is 0 Å². The molecule has 4 rings (SSSR count). The van der Waals surface area contributed by atoms with Crippen LogP contribution in [0.25, 0.3) is 0 Å². The summed E-state index contributed by atoms with van der Waals surface area (Å²) in [7, 11) is 0. The van der Waals surface area contributed by atoms with E-state index < -0.39 is 0 Å². The Morgan fingerprint density at radius 3 is 2.45 bits per heavy atom. The summed E-state index contributed by atoms with van der Waals surface area (Å²) in [6.07, 6.45) is 6.42. The summed E-state index contributed by atoms with van der Waals surface area (Å²) in [6.45, 7) is 6.74. The molecule has 5 unspecified atom stereocenters. The molecular formula is C16H27ClN2O. The normalized spacial score (nSPS) is 44.5. The molecule has 1 N–H and O–H groups in total. The molecule has 1 amide bonds. The molecule has 0 spiro atoms. The number of nitrogens with one attached hydrogen (secondary N) is 1. The molecular weight excluding hydrogens is 272 g/mol. The van der Waals surface area contributed by atoms with Gasteiger partial charge < -0.3 is 10.2 Å². The van der Waals surface area contributed by atoms with E-state index in [1.54, 1.807) is 0 Å². The van der Waals surface area contributed by atoms with Crippen molar-refractivity contribution >= 4 is 18.3 Å². The fourth-order valence-corrected chi connectivity index (χ4v) is 5.04. The Kier molecular flexibility index (Phi) is 3.57. The summed E-state index contributed by atoms with van der Waals surface area (Å²) in [4.78, 5) is 14.8. The Balaban J connectivity index is 0.00000121. The second-order valence-corrected chi connectivity index (χ2v) is 7.88. The van der Waals surface area contributed by atoms with Crippen molar-refractivity contribution in [3.63, 3.8) is 0 Å². The van der Waals surface area contributed by atoms with E-state index in [9.17, 15) is 4.79 Å². The van der Waals surface area contributed by atoms with Gasteiger partial charge in [0.15, 0.2) is 0 Å². The third-order valence-corrected chi connectivity index (χ3v) is 6.59. The first-order valence-electron chi connectivity index (χ1n) is 8.12. The quantitative estimate of drug-likeness (QED) is 0.806. The third-order valence-electron chi connectivity index (χ3n) is 6.59. The van der Waals surface area contributed by atoms with Crippen molar-refractivity contribution in [3.05, 3.63) is 0 Å². The number of carbonyl (C=O) groups excluding carboxylic acids is 1. The fraction of sp³-hybridized carbons (Fsp3) is 0.938. The Morgan fingerprint density at radius 2 is 1.80 bits per heavy atom. The summed E-state index contributed by atoms with van der Waals surface area (Å²) >= 11 is 0. The molecule has 0 aromatic rings. The monoisotopic (exact) mass is 298 g/mol. The molecule has 2 saturated carbocycles. The molecule has 2 heterocycles. The van der Waals surface area contributed by atoms with Gasteiger partial charge in [-0.1, -0.05) is 26.7 Å². The van der Waals surface area contributed by atoms with Crippen molar-refractivity contribution in [3.8, 4) is 0 Å². The molecule has 2 aliphatic heterocycles. The number of amides is 1. The van der Waals surface area contributed by atoms with Gasteiger partial charge in [0, 0.05) is 19.1 Å². The highest BCUT2D eigenvalue weighted by Crippen LogP contribution is 2.62. The molecule has 4 aliphatic rings. The van der Waals surface area contributed by atoms with Crippen LogP contribution in [0.15, 0.2) is 0 Å². The molecule has 0 bridgehead atoms. The zero-order valence-electron chi connectivity index (χ0n) is 12.6. The van der Waals surface area contributed by atoms with Gasteiger partial charge >= 0.3 is 0 Å². The van der Waals surface area contributed by atoms with Crippen LogP contribution in [-0.2, 0) is 4.79 Å². The van der Waals surface area contributed by atoms with E-state index in [4.69, 9.17) is 0 Å². The zero-order chi connectivity index (χ0) is 13.2. The maximum Gasteiger partial charge on any atom is 0.239 e. The molecule has 2 aliphatic carbocycles. The van der Waals surface area contributed by atoms with E-state index in [2.05, 4.69) is 24.1 Å². The van der Waals surface area contributed by atoms with Gasteiger partial charge in [0.2, 0.25) is 5.91 Å². The number of halogens is 1. The highest BCUT2D eigenvalue weighted by Gasteiger charge is 2.63. The predicted octanol–water partition coefficient (Wildman–Crippen LogP) is 2.44. The lowest BCUT2D eigenvalue weighted by Gasteiger charge is -2.25. The predicted molar refractivity (Wildman–Crippen MR) is 81.9 cm³/mol. The number of hydrogen-bond acceptors (Lipinski definition) is 2. The van der Waals surface area contributed by atoms with Gasteiger partial charge in [-0.25, -0.2) is 0 Å². The molecule has 2 saturated heterocycles. The van der Waals surface area contributed by atoms with E-state index >= 15 is 0 Å². The summed E-state index contributed by atoms with van der Waals surface area (Å²) in [5.74, 6) is 2.73. The van der Waals surface area contributed by atoms with Crippen molar-refractivity contribution in [2.45, 2.75) is 58.0 Å². The van der Waals surface area contributed by atoms with Gasteiger partial charge in [-0.05, 0) is 42.4 Å². The number of rotatable bonds is 1. The second-order valence-electron chi connectivity index (χ2n) is 7.88. The minimum absolute atomic E-state index is 0. The smallest absolute Gasteiger partial charge is 0.239 e. The zero-order valence-corrected chi connectivity index (χ0v) is 13.4. The largest absolute Gasteiger partial charge is 0.341 e. The van der Waals surface area contributed by atoms with Crippen molar-refractivity contribution in [1.29, 1.82) is 0 Å². The number of hydrogen-bond donors (Lipinski definition) is 1. The Bertz CT molecular complexity index is 383. The molecule has 4 heteroatoms. The van der Waals surface area contributed by atoms with E-state index in [0.29, 0.717) is 17.4 Å². The van der Waals surface area contributed by atoms with Gasteiger partial charge in [-0.2, -0.15) is 0 Å². The van der Waals surface area contributed by atoms with Crippen molar-refractivity contribution in [1.82, 2.24) is 10.2 Å². The Labute approximate surface area is 128 Å². The van der Waals surface area contributed by atoms with Crippen LogP contribution in [-0.4, -0.2) is 36.0 Å². The van der Waals surface area contributed by atoms with Crippen LogP contribution in [0.4, 0.5) is 0 Å². The first-order valence-corrected chi connectivity index (χ1v) is 8.12. The van der Waals surface area contributed by atoms with Crippen LogP contribution in [0, 0.1) is 23.2 Å². The van der Waals surface area contributed by atoms with Crippen molar-refractivity contribution in [2.24, 2.45) is 23.2 Å². The number of nitrogens with zero attached hydrogens (tertiary/aromatic N) is 1. The molecule has 4 fully saturated rings. The van der Waals surface area contributed by atoms with Gasteiger partial charge in [-0.3, -0.25) is 4.79 Å². The highest BCUT2D eigenvalue weighted by atomic mass is 35.5. The maximum atomic E-state index is 12.6. The standard InChI is InChI=1S/C16H26N2O.ClH/c1-16(2)11-8-18(9-12(11)16)15(19)14-7-10-5-3-4-6-13(10)17-14;/h10-14,17H,3-9H2,1-2H3;1H. The van der Waals surface area contributed by atoms with Crippen LogP contribution >= 0.6 is 12.4 Å². The molecule has 20 heavy (non-hydrogen) atoms. The SMILES string of the molecule is CC1(C)C2CN(C(=O)C3CC4CCCCC4N3)CC21.Cl. The summed E-state index contributed by atoms with van der Waals surface area (Å²) in [5, 5.41) is 3.63. The van der Waals surface area contributed by atoms with Crippen LogP contribution < -0.4 is 5.32 Å². The topological polar surface area (TPSA) is 32.3 Å². The van der Waals surface area contributed by atoms with Gasteiger partial charge in [0.1, 0.15) is 0 Å². The minimum Gasteiger partial charge on any atom is -0.341 e. The molecule has 0 radical (unpaired) electrons. The molecule has 114 valence electrons. The molecule has 0 aromatic heterocycles. The first-order chi connectivity index (χ1) is 9.07. The highest BCUT2D eigenvalue weighted by molar-refractivity contribution is 5.85. The lowest BCUT2D eigenvalue weighted by Crippen LogP contribution is -2.45. The summed E-state index contributed by atoms with van der Waals surface area (Å²) in [5.41, 5.74) is 0.508. The lowest BCUT2D eigenvalue weighted by molar-refractivity contribution is -0.133. The lowest BCUT2D eigenvalue weighted by atomic mass is 9.85. The fourth-order valence-electron chi connectivity index (χ4n) is 5.04. The van der Waals surface area contributed by atoms with Gasteiger partial charge in [0.25, 0.3) is 0 Å². The average molecular weight is 299 g/mol. The van der Waals surface area contributed by atoms with Crippen LogP contribution in [0.3, 0.4) is 0 Å². The second kappa shape index (κ2) is 4.88. The minimum atomic E-state index is 0. The number of fused-ring (bicyclic) bond motifs is 2. The molecule has 5 atom stereocenters. The van der Waals surface area contributed by atoms with Crippen molar-refractivity contribution in [2.75, 3.05) is 13.1 Å². The first kappa shape index (κ1) is 14.6. The number of carbonyl (C=O) groups is 1. The van der Waals surface area contributed by atoms with Crippen LogP contribution in [0.1, 0.15) is 46.0 Å². The average Bonchev–Trinajstić information content (AvgIpc) is 2.89. The van der Waals surface area contributed by atoms with Gasteiger partial charge in [-0.15, -0.1) is 12.4 Å². The van der Waals surface area contributed by atoms with Gasteiger partial charge in [0.05, 0.1) is 6.04 Å². The summed E-state index contributed by atoms with van der Waals surface area (Å²) in [6, 6.07) is 0.769. The third kappa shape index (κ3) is 2.09. The Hall–Kier alpha value is -0.280. The molecule has 3 nitrogen and oxygen atoms in total.